The van der Waals surface area contributed by atoms with Gasteiger partial charge in [0, 0.05) is 54.9 Å². The minimum absolute atomic E-state index is 0.0603. The quantitative estimate of drug-likeness (QED) is 0.678. The maximum atomic E-state index is 12.8. The van der Waals surface area contributed by atoms with Crippen LogP contribution in [-0.2, 0) is 0 Å². The Morgan fingerprint density at radius 2 is 1.97 bits per heavy atom. The Bertz CT molecular complexity index is 1040. The first-order valence-electron chi connectivity index (χ1n) is 9.70. The van der Waals surface area contributed by atoms with Crippen LogP contribution in [0.4, 0.5) is 0 Å². The van der Waals surface area contributed by atoms with E-state index in [0.29, 0.717) is 17.3 Å². The second-order valence-electron chi connectivity index (χ2n) is 8.12. The summed E-state index contributed by atoms with van der Waals surface area (Å²) in [7, 11) is 2.07. The second kappa shape index (κ2) is 6.73. The van der Waals surface area contributed by atoms with Gasteiger partial charge in [-0.1, -0.05) is 5.16 Å². The summed E-state index contributed by atoms with van der Waals surface area (Å²) in [5.41, 5.74) is 2.42. The average Bonchev–Trinajstić information content (AvgIpc) is 3.32. The highest BCUT2D eigenvalue weighted by atomic mass is 16.5. The Labute approximate surface area is 168 Å². The molecule has 0 radical (unpaired) electrons. The van der Waals surface area contributed by atoms with Crippen LogP contribution in [0.15, 0.2) is 47.4 Å². The Morgan fingerprint density at radius 3 is 2.72 bits per heavy atom. The van der Waals surface area contributed by atoms with Crippen molar-refractivity contribution in [2.75, 3.05) is 26.7 Å². The molecule has 0 aliphatic carbocycles. The van der Waals surface area contributed by atoms with E-state index in [0.717, 1.165) is 37.3 Å². The fourth-order valence-corrected chi connectivity index (χ4v) is 4.55. The summed E-state index contributed by atoms with van der Waals surface area (Å²) in [6, 6.07) is 7.45. The van der Waals surface area contributed by atoms with Gasteiger partial charge in [0.05, 0.1) is 11.6 Å². The van der Waals surface area contributed by atoms with Gasteiger partial charge in [-0.3, -0.25) is 19.7 Å². The lowest BCUT2D eigenvalue weighted by Gasteiger charge is -2.48. The zero-order chi connectivity index (χ0) is 20.0. The number of nitrogens with zero attached hydrogens (tertiary/aromatic N) is 6. The highest BCUT2D eigenvalue weighted by Gasteiger charge is 2.53. The lowest BCUT2D eigenvalue weighted by molar-refractivity contribution is 0.0114. The van der Waals surface area contributed by atoms with Crippen LogP contribution in [0.25, 0.3) is 11.4 Å². The van der Waals surface area contributed by atoms with Crippen molar-refractivity contribution >= 4 is 5.91 Å². The van der Waals surface area contributed by atoms with E-state index in [9.17, 15) is 4.79 Å². The summed E-state index contributed by atoms with van der Waals surface area (Å²) in [6.45, 7) is 4.26. The van der Waals surface area contributed by atoms with E-state index in [1.54, 1.807) is 18.6 Å². The summed E-state index contributed by atoms with van der Waals surface area (Å²) in [5.74, 6) is 1.27. The van der Waals surface area contributed by atoms with Crippen LogP contribution < -0.4 is 0 Å². The topological polar surface area (TPSA) is 88.2 Å². The van der Waals surface area contributed by atoms with Crippen LogP contribution in [0.1, 0.15) is 34.4 Å². The molecule has 0 saturated carbocycles. The number of likely N-dealkylation sites (tertiary alicyclic amines) is 2. The average molecular weight is 390 g/mol. The standard InChI is InChI=1S/C21H22N6O2/c1-14-16(4-3-7-23-14)20(28)27-12-21(13-27)10-17(26(2)11-21)19-24-18(25-29-19)15-5-8-22-9-6-15/h3-9,17H,10-13H2,1-2H3. The van der Waals surface area contributed by atoms with Crippen LogP contribution in [0.5, 0.6) is 0 Å². The van der Waals surface area contributed by atoms with Gasteiger partial charge in [0.2, 0.25) is 11.7 Å². The maximum absolute atomic E-state index is 12.8. The lowest BCUT2D eigenvalue weighted by Crippen LogP contribution is -2.59. The Morgan fingerprint density at radius 1 is 1.17 bits per heavy atom. The van der Waals surface area contributed by atoms with Crippen LogP contribution in [0, 0.1) is 12.3 Å². The van der Waals surface area contributed by atoms with Crippen molar-refractivity contribution in [2.45, 2.75) is 19.4 Å². The molecule has 2 saturated heterocycles. The number of carbonyl (C=O) groups excluding carboxylic acids is 1. The smallest absolute Gasteiger partial charge is 0.255 e. The summed E-state index contributed by atoms with van der Waals surface area (Å²) < 4.78 is 5.58. The molecule has 29 heavy (non-hydrogen) atoms. The summed E-state index contributed by atoms with van der Waals surface area (Å²) >= 11 is 0. The number of aromatic nitrogens is 4. The van der Waals surface area contributed by atoms with Crippen LogP contribution in [0.2, 0.25) is 0 Å². The highest BCUT2D eigenvalue weighted by Crippen LogP contribution is 2.47. The van der Waals surface area contributed by atoms with Crippen molar-refractivity contribution in [1.29, 1.82) is 0 Å². The third-order valence-electron chi connectivity index (χ3n) is 5.99. The molecule has 0 aromatic carbocycles. The largest absolute Gasteiger partial charge is 0.337 e. The third kappa shape index (κ3) is 3.09. The van der Waals surface area contributed by atoms with E-state index >= 15 is 0 Å². The van der Waals surface area contributed by atoms with Crippen molar-refractivity contribution in [1.82, 2.24) is 29.9 Å². The van der Waals surface area contributed by atoms with Gasteiger partial charge in [-0.25, -0.2) is 0 Å². The Balaban J connectivity index is 1.28. The molecule has 2 fully saturated rings. The minimum atomic E-state index is 0.0603. The lowest BCUT2D eigenvalue weighted by atomic mass is 9.77. The van der Waals surface area contributed by atoms with E-state index < -0.39 is 0 Å². The fourth-order valence-electron chi connectivity index (χ4n) is 4.55. The number of amides is 1. The van der Waals surface area contributed by atoms with Gasteiger partial charge in [0.1, 0.15) is 0 Å². The molecule has 2 aliphatic heterocycles. The summed E-state index contributed by atoms with van der Waals surface area (Å²) in [6.07, 6.45) is 6.04. The predicted molar refractivity (Wildman–Crippen MR) is 105 cm³/mol. The van der Waals surface area contributed by atoms with Crippen LogP contribution >= 0.6 is 0 Å². The normalized spacial score (nSPS) is 20.8. The van der Waals surface area contributed by atoms with E-state index in [2.05, 4.69) is 32.1 Å². The van der Waals surface area contributed by atoms with Crippen molar-refractivity contribution in [3.05, 3.63) is 60.0 Å². The summed E-state index contributed by atoms with van der Waals surface area (Å²) in [4.78, 5) is 29.8. The van der Waals surface area contributed by atoms with Crippen molar-refractivity contribution in [3.8, 4) is 11.4 Å². The molecular weight excluding hydrogens is 368 g/mol. The molecule has 1 spiro atoms. The van der Waals surface area contributed by atoms with Gasteiger partial charge < -0.3 is 9.42 Å². The molecule has 8 nitrogen and oxygen atoms in total. The van der Waals surface area contributed by atoms with E-state index in [1.807, 2.05) is 36.1 Å². The van der Waals surface area contributed by atoms with Crippen LogP contribution in [-0.4, -0.2) is 62.5 Å². The van der Waals surface area contributed by atoms with E-state index in [-0.39, 0.29) is 17.4 Å². The molecule has 1 unspecified atom stereocenters. The Kier molecular flexibility index (Phi) is 4.16. The van der Waals surface area contributed by atoms with Gasteiger partial charge in [-0.15, -0.1) is 0 Å². The third-order valence-corrected chi connectivity index (χ3v) is 5.99. The highest BCUT2D eigenvalue weighted by molar-refractivity contribution is 5.95. The number of aryl methyl sites for hydroxylation is 1. The number of carbonyl (C=O) groups is 1. The number of hydrogen-bond donors (Lipinski definition) is 0. The molecule has 5 rings (SSSR count). The molecule has 8 heteroatoms. The predicted octanol–water partition coefficient (Wildman–Crippen LogP) is 2.35. The van der Waals surface area contributed by atoms with E-state index in [4.69, 9.17) is 4.52 Å². The number of hydrogen-bond acceptors (Lipinski definition) is 7. The summed E-state index contributed by atoms with van der Waals surface area (Å²) in [5, 5.41) is 4.14. The van der Waals surface area contributed by atoms with Crippen molar-refractivity contribution in [2.24, 2.45) is 5.41 Å². The molecule has 3 aromatic heterocycles. The molecule has 2 aliphatic rings. The SMILES string of the molecule is Cc1ncccc1C(=O)N1CC2(CC(c3nc(-c4ccncc4)no3)N(C)C2)C1. The molecule has 0 bridgehead atoms. The monoisotopic (exact) mass is 390 g/mol. The first-order valence-corrected chi connectivity index (χ1v) is 9.70. The van der Waals surface area contributed by atoms with Gasteiger partial charge >= 0.3 is 0 Å². The first-order chi connectivity index (χ1) is 14.0. The zero-order valence-corrected chi connectivity index (χ0v) is 16.4. The van der Waals surface area contributed by atoms with Crippen LogP contribution in [0.3, 0.4) is 0 Å². The molecule has 148 valence electrons. The second-order valence-corrected chi connectivity index (χ2v) is 8.12. The molecule has 3 aromatic rings. The fraction of sp³-hybridized carbons (Fsp3) is 0.381. The first kappa shape index (κ1) is 17.9. The van der Waals surface area contributed by atoms with Crippen molar-refractivity contribution in [3.63, 3.8) is 0 Å². The Hall–Kier alpha value is -3.13. The molecule has 5 heterocycles. The number of rotatable bonds is 3. The van der Waals surface area contributed by atoms with Gasteiger partial charge in [0.25, 0.3) is 5.91 Å². The number of pyridine rings is 2. The van der Waals surface area contributed by atoms with Crippen molar-refractivity contribution < 1.29 is 9.32 Å². The molecular formula is C21H22N6O2. The zero-order valence-electron chi connectivity index (χ0n) is 16.4. The van der Waals surface area contributed by atoms with E-state index in [1.165, 1.54) is 0 Å². The van der Waals surface area contributed by atoms with Gasteiger partial charge in [0.15, 0.2) is 0 Å². The molecule has 1 amide bonds. The minimum Gasteiger partial charge on any atom is -0.337 e. The maximum Gasteiger partial charge on any atom is 0.255 e. The molecule has 0 N–H and O–H groups in total. The van der Waals surface area contributed by atoms with Gasteiger partial charge in [-0.05, 0) is 44.7 Å². The van der Waals surface area contributed by atoms with Gasteiger partial charge in [-0.2, -0.15) is 4.98 Å². The molecule has 1 atom stereocenters.